The molecule has 0 N–H and O–H groups in total. The lowest BCUT2D eigenvalue weighted by molar-refractivity contribution is 0.0325. The number of unbranched alkanes of at least 4 members (excludes halogenated alkanes) is 11. The molecule has 1 aromatic carbocycles. The molecule has 1 unspecified atom stereocenters. The van der Waals surface area contributed by atoms with Gasteiger partial charge in [-0.15, -0.1) is 11.3 Å². The molecule has 40 heavy (non-hydrogen) atoms. The lowest BCUT2D eigenvalue weighted by Gasteiger charge is -2.12. The van der Waals surface area contributed by atoms with Crippen molar-refractivity contribution >= 4 is 17.3 Å². The van der Waals surface area contributed by atoms with Crippen molar-refractivity contribution in [3.8, 4) is 27.6 Å². The highest BCUT2D eigenvalue weighted by Gasteiger charge is 2.15. The number of carbonyl (C=O) groups is 1. The molecule has 6 heteroatoms. The van der Waals surface area contributed by atoms with Gasteiger partial charge in [0.1, 0.15) is 10.6 Å². The normalized spacial score (nSPS) is 11.9. The van der Waals surface area contributed by atoms with Crippen LogP contribution in [0.15, 0.2) is 48.8 Å². The summed E-state index contributed by atoms with van der Waals surface area (Å²) < 4.78 is 11.6. The number of carbonyl (C=O) groups excluding carboxylic acids is 1. The molecule has 0 aliphatic carbocycles. The third-order valence-electron chi connectivity index (χ3n) is 7.15. The zero-order chi connectivity index (χ0) is 28.4. The Bertz CT molecular complexity index is 1100. The Hall–Kier alpha value is -2.73. The monoisotopic (exact) mass is 564 g/mol. The van der Waals surface area contributed by atoms with Gasteiger partial charge >= 0.3 is 5.97 Å². The van der Waals surface area contributed by atoms with E-state index in [0.717, 1.165) is 47.6 Å². The van der Waals surface area contributed by atoms with Gasteiger partial charge in [-0.3, -0.25) is 0 Å². The van der Waals surface area contributed by atoms with Crippen molar-refractivity contribution in [1.82, 2.24) is 9.97 Å². The largest absolute Gasteiger partial charge is 0.494 e. The van der Waals surface area contributed by atoms with Crippen LogP contribution in [0.4, 0.5) is 0 Å². The Balaban J connectivity index is 1.40. The van der Waals surface area contributed by atoms with Crippen molar-refractivity contribution in [2.75, 3.05) is 6.61 Å². The molecule has 0 bridgehead atoms. The van der Waals surface area contributed by atoms with E-state index in [2.05, 4.69) is 23.8 Å². The van der Waals surface area contributed by atoms with Gasteiger partial charge in [0.25, 0.3) is 0 Å². The van der Waals surface area contributed by atoms with Crippen LogP contribution in [0.3, 0.4) is 0 Å². The second-order valence-electron chi connectivity index (χ2n) is 10.7. The minimum atomic E-state index is -0.253. The van der Waals surface area contributed by atoms with E-state index in [1.807, 2.05) is 55.7 Å². The van der Waals surface area contributed by atoms with Crippen molar-refractivity contribution in [1.29, 1.82) is 0 Å². The van der Waals surface area contributed by atoms with Crippen LogP contribution < -0.4 is 4.74 Å². The van der Waals surface area contributed by atoms with Gasteiger partial charge in [-0.2, -0.15) is 0 Å². The SMILES string of the molecule is CCCCCCCCCCCOc1ccc(-c2ncc(-c3ccc(C(=O)OC(C)CCCCCC)s3)cn2)cc1. The number of nitrogens with zero attached hydrogens (tertiary/aromatic N) is 2. The first-order chi connectivity index (χ1) is 19.6. The highest BCUT2D eigenvalue weighted by molar-refractivity contribution is 7.17. The average molecular weight is 565 g/mol. The van der Waals surface area contributed by atoms with Crippen molar-refractivity contribution in [3.05, 3.63) is 53.7 Å². The molecular weight excluding hydrogens is 516 g/mol. The van der Waals surface area contributed by atoms with Crippen molar-refractivity contribution in [3.63, 3.8) is 0 Å². The van der Waals surface area contributed by atoms with Crippen molar-refractivity contribution < 1.29 is 14.3 Å². The van der Waals surface area contributed by atoms with Crippen LogP contribution in [0, 0.1) is 0 Å². The van der Waals surface area contributed by atoms with E-state index >= 15 is 0 Å². The zero-order valence-corrected chi connectivity index (χ0v) is 25.6. The van der Waals surface area contributed by atoms with Crippen LogP contribution >= 0.6 is 11.3 Å². The van der Waals surface area contributed by atoms with Crippen LogP contribution in [-0.2, 0) is 4.74 Å². The van der Waals surface area contributed by atoms with Crippen LogP contribution in [0.25, 0.3) is 21.8 Å². The molecule has 0 amide bonds. The van der Waals surface area contributed by atoms with Crippen molar-refractivity contribution in [2.45, 2.75) is 117 Å². The highest BCUT2D eigenvalue weighted by atomic mass is 32.1. The van der Waals surface area contributed by atoms with Gasteiger partial charge in [0.05, 0.1) is 12.7 Å². The summed E-state index contributed by atoms with van der Waals surface area (Å²) in [6.45, 7) is 7.19. The number of aromatic nitrogens is 2. The van der Waals surface area contributed by atoms with Crippen LogP contribution in [0.1, 0.15) is 120 Å². The maximum absolute atomic E-state index is 12.6. The minimum absolute atomic E-state index is 0.0655. The summed E-state index contributed by atoms with van der Waals surface area (Å²) in [6.07, 6.45) is 21.0. The average Bonchev–Trinajstić information content (AvgIpc) is 3.48. The summed E-state index contributed by atoms with van der Waals surface area (Å²) in [4.78, 5) is 23.3. The lowest BCUT2D eigenvalue weighted by atomic mass is 10.1. The fraction of sp³-hybridized carbons (Fsp3) is 0.559. The Kier molecular flexibility index (Phi) is 14.8. The molecule has 3 aromatic rings. The molecule has 2 aromatic heterocycles. The predicted molar refractivity (Wildman–Crippen MR) is 167 cm³/mol. The maximum atomic E-state index is 12.6. The zero-order valence-electron chi connectivity index (χ0n) is 24.8. The second kappa shape index (κ2) is 18.6. The van der Waals surface area contributed by atoms with E-state index in [4.69, 9.17) is 9.47 Å². The Labute approximate surface area is 245 Å². The Morgan fingerprint density at radius 2 is 1.35 bits per heavy atom. The quantitative estimate of drug-likeness (QED) is 0.101. The molecule has 3 rings (SSSR count). The molecule has 0 fully saturated rings. The molecule has 0 saturated carbocycles. The topological polar surface area (TPSA) is 61.3 Å². The van der Waals surface area contributed by atoms with E-state index < -0.39 is 0 Å². The Morgan fingerprint density at radius 1 is 0.750 bits per heavy atom. The second-order valence-corrected chi connectivity index (χ2v) is 11.8. The first-order valence-corrected chi connectivity index (χ1v) is 16.3. The van der Waals surface area contributed by atoms with Crippen LogP contribution in [0.5, 0.6) is 5.75 Å². The molecule has 1 atom stereocenters. The molecular formula is C34H48N2O3S. The highest BCUT2D eigenvalue weighted by Crippen LogP contribution is 2.29. The molecule has 0 saturated heterocycles. The van der Waals surface area contributed by atoms with Gasteiger partial charge in [-0.05, 0) is 62.6 Å². The molecule has 218 valence electrons. The molecule has 2 heterocycles. The number of rotatable bonds is 20. The summed E-state index contributed by atoms with van der Waals surface area (Å²) in [6, 6.07) is 11.7. The minimum Gasteiger partial charge on any atom is -0.494 e. The number of ether oxygens (including phenoxy) is 2. The molecule has 0 radical (unpaired) electrons. The lowest BCUT2D eigenvalue weighted by Crippen LogP contribution is -2.14. The summed E-state index contributed by atoms with van der Waals surface area (Å²) in [7, 11) is 0. The first kappa shape index (κ1) is 31.8. The van der Waals surface area contributed by atoms with Crippen LogP contribution in [0.2, 0.25) is 0 Å². The van der Waals surface area contributed by atoms with Crippen LogP contribution in [-0.4, -0.2) is 28.6 Å². The fourth-order valence-corrected chi connectivity index (χ4v) is 5.53. The summed E-state index contributed by atoms with van der Waals surface area (Å²) in [5, 5.41) is 0. The number of hydrogen-bond acceptors (Lipinski definition) is 6. The number of esters is 1. The number of hydrogen-bond donors (Lipinski definition) is 0. The van der Waals surface area contributed by atoms with E-state index in [9.17, 15) is 4.79 Å². The summed E-state index contributed by atoms with van der Waals surface area (Å²) >= 11 is 1.42. The molecule has 0 aliphatic rings. The summed E-state index contributed by atoms with van der Waals surface area (Å²) in [5.41, 5.74) is 1.84. The van der Waals surface area contributed by atoms with Crippen molar-refractivity contribution in [2.24, 2.45) is 0 Å². The van der Waals surface area contributed by atoms with E-state index in [1.165, 1.54) is 82.0 Å². The molecule has 5 nitrogen and oxygen atoms in total. The van der Waals surface area contributed by atoms with Gasteiger partial charge in [-0.25, -0.2) is 14.8 Å². The van der Waals surface area contributed by atoms with Gasteiger partial charge in [0.2, 0.25) is 0 Å². The fourth-order valence-electron chi connectivity index (χ4n) is 4.67. The van der Waals surface area contributed by atoms with E-state index in [-0.39, 0.29) is 12.1 Å². The van der Waals surface area contributed by atoms with E-state index in [0.29, 0.717) is 10.7 Å². The third-order valence-corrected chi connectivity index (χ3v) is 8.26. The van der Waals surface area contributed by atoms with Gasteiger partial charge in [-0.1, -0.05) is 84.5 Å². The van der Waals surface area contributed by atoms with Gasteiger partial charge in [0, 0.05) is 28.4 Å². The molecule has 0 aliphatic heterocycles. The Morgan fingerprint density at radius 3 is 2.00 bits per heavy atom. The smallest absolute Gasteiger partial charge is 0.348 e. The first-order valence-electron chi connectivity index (χ1n) is 15.5. The predicted octanol–water partition coefficient (Wildman–Crippen LogP) is 10.3. The molecule has 0 spiro atoms. The summed E-state index contributed by atoms with van der Waals surface area (Å²) in [5.74, 6) is 1.30. The number of thiophene rings is 1. The van der Waals surface area contributed by atoms with E-state index in [1.54, 1.807) is 0 Å². The number of benzene rings is 1. The maximum Gasteiger partial charge on any atom is 0.348 e. The third kappa shape index (κ3) is 11.4. The van der Waals surface area contributed by atoms with Gasteiger partial charge < -0.3 is 9.47 Å². The van der Waals surface area contributed by atoms with Gasteiger partial charge in [0.15, 0.2) is 5.82 Å². The standard InChI is InChI=1S/C34H48N2O3S/c1-4-6-8-10-11-12-13-14-16-24-38-30-20-18-28(19-21-30)33-35-25-29(26-36-33)31-22-23-32(40-31)34(37)39-27(3)17-15-9-7-5-2/h18-23,25-27H,4-17,24H2,1-3H3.